The van der Waals surface area contributed by atoms with Crippen LogP contribution in [0.5, 0.6) is 0 Å². The van der Waals surface area contributed by atoms with Crippen LogP contribution in [0.3, 0.4) is 0 Å². The zero-order valence-corrected chi connectivity index (χ0v) is 8.03. The smallest absolute Gasteiger partial charge is 0.221 e. The fraction of sp³-hybridized carbons (Fsp3) is 0.857. The molecule has 0 fully saturated rings. The largest absolute Gasteiger partial charge is 0.355 e. The van der Waals surface area contributed by atoms with E-state index in [-0.39, 0.29) is 5.91 Å². The van der Waals surface area contributed by atoms with Crippen LogP contribution in [0.4, 0.5) is 0 Å². The molecule has 4 heteroatoms. The molecule has 0 aliphatic rings. The Kier molecular flexibility index (Phi) is 6.36. The summed E-state index contributed by atoms with van der Waals surface area (Å²) in [6.07, 6.45) is 0.570. The van der Waals surface area contributed by atoms with Gasteiger partial charge in [-0.2, -0.15) is 12.6 Å². The molecular formula is C7H16N2OS. The zero-order valence-electron chi connectivity index (χ0n) is 7.13. The van der Waals surface area contributed by atoms with Gasteiger partial charge in [-0.25, -0.2) is 0 Å². The molecule has 0 atom stereocenters. The molecule has 0 spiro atoms. The summed E-state index contributed by atoms with van der Waals surface area (Å²) in [7, 11) is 3.90. The van der Waals surface area contributed by atoms with Crippen molar-refractivity contribution in [3.63, 3.8) is 0 Å². The van der Waals surface area contributed by atoms with Crippen LogP contribution in [0.1, 0.15) is 6.42 Å². The van der Waals surface area contributed by atoms with E-state index >= 15 is 0 Å². The zero-order chi connectivity index (χ0) is 8.69. The molecule has 0 saturated heterocycles. The van der Waals surface area contributed by atoms with Crippen LogP contribution in [0, 0.1) is 0 Å². The van der Waals surface area contributed by atoms with Gasteiger partial charge in [-0.05, 0) is 14.1 Å². The summed E-state index contributed by atoms with van der Waals surface area (Å²) in [6.45, 7) is 1.47. The Hall–Kier alpha value is -0.220. The molecule has 0 aliphatic carbocycles. The van der Waals surface area contributed by atoms with Gasteiger partial charge in [-0.3, -0.25) is 4.79 Å². The molecule has 1 amide bonds. The van der Waals surface area contributed by atoms with Gasteiger partial charge in [0.25, 0.3) is 0 Å². The monoisotopic (exact) mass is 176 g/mol. The number of amides is 1. The number of nitrogens with zero attached hydrogens (tertiary/aromatic N) is 1. The lowest BCUT2D eigenvalue weighted by Crippen LogP contribution is -2.28. The van der Waals surface area contributed by atoms with E-state index in [2.05, 4.69) is 17.9 Å². The first-order valence-electron chi connectivity index (χ1n) is 3.69. The minimum absolute atomic E-state index is 0.104. The Morgan fingerprint density at radius 2 is 2.18 bits per heavy atom. The van der Waals surface area contributed by atoms with Crippen LogP contribution in [0.2, 0.25) is 0 Å². The highest BCUT2D eigenvalue weighted by Gasteiger charge is 1.99. The van der Waals surface area contributed by atoms with Crippen LogP contribution in [0.25, 0.3) is 0 Å². The first-order valence-corrected chi connectivity index (χ1v) is 4.32. The maximum Gasteiger partial charge on any atom is 0.221 e. The van der Waals surface area contributed by atoms with Crippen LogP contribution in [0.15, 0.2) is 0 Å². The second-order valence-corrected chi connectivity index (χ2v) is 3.07. The van der Waals surface area contributed by atoms with Crippen molar-refractivity contribution in [3.05, 3.63) is 0 Å². The van der Waals surface area contributed by atoms with Gasteiger partial charge in [-0.1, -0.05) is 0 Å². The average Bonchev–Trinajstić information content (AvgIpc) is 1.97. The molecule has 1 N–H and O–H groups in total. The molecular weight excluding hydrogens is 160 g/mol. The molecule has 0 rings (SSSR count). The SMILES string of the molecule is CN(C)CCC(=O)NCCS. The maximum absolute atomic E-state index is 10.9. The third kappa shape index (κ3) is 7.68. The van der Waals surface area contributed by atoms with Crippen LogP contribution in [-0.2, 0) is 4.79 Å². The Labute approximate surface area is 73.6 Å². The highest BCUT2D eigenvalue weighted by atomic mass is 32.1. The molecule has 0 radical (unpaired) electrons. The summed E-state index contributed by atoms with van der Waals surface area (Å²) in [5, 5.41) is 2.75. The van der Waals surface area contributed by atoms with E-state index in [1.807, 2.05) is 19.0 Å². The van der Waals surface area contributed by atoms with Crippen LogP contribution in [-0.4, -0.2) is 43.7 Å². The Morgan fingerprint density at radius 1 is 1.55 bits per heavy atom. The second kappa shape index (κ2) is 6.49. The molecule has 0 heterocycles. The van der Waals surface area contributed by atoms with Crippen LogP contribution < -0.4 is 5.32 Å². The summed E-state index contributed by atoms with van der Waals surface area (Å²) in [4.78, 5) is 12.9. The van der Waals surface area contributed by atoms with Crippen molar-refractivity contribution in [1.82, 2.24) is 10.2 Å². The van der Waals surface area contributed by atoms with E-state index in [1.165, 1.54) is 0 Å². The summed E-state index contributed by atoms with van der Waals surface area (Å²) in [6, 6.07) is 0. The fourth-order valence-corrected chi connectivity index (χ4v) is 0.721. The minimum atomic E-state index is 0.104. The van der Waals surface area contributed by atoms with E-state index in [0.717, 1.165) is 6.54 Å². The molecule has 66 valence electrons. The topological polar surface area (TPSA) is 32.3 Å². The van der Waals surface area contributed by atoms with E-state index in [9.17, 15) is 4.79 Å². The van der Waals surface area contributed by atoms with E-state index in [0.29, 0.717) is 18.7 Å². The van der Waals surface area contributed by atoms with Gasteiger partial charge in [0, 0.05) is 25.3 Å². The minimum Gasteiger partial charge on any atom is -0.355 e. The molecule has 0 bridgehead atoms. The molecule has 0 aromatic heterocycles. The van der Waals surface area contributed by atoms with Gasteiger partial charge in [0.1, 0.15) is 0 Å². The number of carbonyl (C=O) groups excluding carboxylic acids is 1. The predicted octanol–water partition coefficient (Wildman–Crippen LogP) is -0.0159. The lowest BCUT2D eigenvalue weighted by atomic mass is 10.4. The average molecular weight is 176 g/mol. The van der Waals surface area contributed by atoms with Crippen molar-refractivity contribution in [3.8, 4) is 0 Å². The first kappa shape index (κ1) is 10.8. The van der Waals surface area contributed by atoms with Crippen molar-refractivity contribution in [1.29, 1.82) is 0 Å². The van der Waals surface area contributed by atoms with E-state index in [4.69, 9.17) is 0 Å². The lowest BCUT2D eigenvalue weighted by molar-refractivity contribution is -0.121. The molecule has 0 unspecified atom stereocenters. The van der Waals surface area contributed by atoms with Crippen molar-refractivity contribution in [2.24, 2.45) is 0 Å². The normalized spacial score (nSPS) is 10.2. The molecule has 0 aliphatic heterocycles. The summed E-state index contributed by atoms with van der Waals surface area (Å²) >= 11 is 3.98. The van der Waals surface area contributed by atoms with Gasteiger partial charge in [0.05, 0.1) is 0 Å². The number of thiol groups is 1. The molecule has 3 nitrogen and oxygen atoms in total. The van der Waals surface area contributed by atoms with Gasteiger partial charge >= 0.3 is 0 Å². The van der Waals surface area contributed by atoms with E-state index in [1.54, 1.807) is 0 Å². The van der Waals surface area contributed by atoms with Crippen molar-refractivity contribution >= 4 is 18.5 Å². The first-order chi connectivity index (χ1) is 5.16. The summed E-state index contributed by atoms with van der Waals surface area (Å²) in [5.41, 5.74) is 0. The third-order valence-corrected chi connectivity index (χ3v) is 1.44. The quantitative estimate of drug-likeness (QED) is 0.577. The van der Waals surface area contributed by atoms with Gasteiger partial charge < -0.3 is 10.2 Å². The molecule has 0 aromatic carbocycles. The second-order valence-electron chi connectivity index (χ2n) is 2.63. The molecule has 0 aromatic rings. The number of rotatable bonds is 5. The van der Waals surface area contributed by atoms with Crippen molar-refractivity contribution in [2.45, 2.75) is 6.42 Å². The van der Waals surface area contributed by atoms with Gasteiger partial charge in [0.2, 0.25) is 5.91 Å². The fourth-order valence-electron chi connectivity index (χ4n) is 0.609. The van der Waals surface area contributed by atoms with Crippen molar-refractivity contribution in [2.75, 3.05) is 32.9 Å². The Balaban J connectivity index is 3.23. The Morgan fingerprint density at radius 3 is 2.64 bits per heavy atom. The Bertz CT molecular complexity index is 117. The number of carbonyl (C=O) groups is 1. The number of hydrogen-bond acceptors (Lipinski definition) is 3. The standard InChI is InChI=1S/C7H16N2OS/c1-9(2)5-3-7(10)8-4-6-11/h11H,3-6H2,1-2H3,(H,8,10). The van der Waals surface area contributed by atoms with Crippen molar-refractivity contribution < 1.29 is 4.79 Å². The summed E-state index contributed by atoms with van der Waals surface area (Å²) in [5.74, 6) is 0.806. The highest BCUT2D eigenvalue weighted by Crippen LogP contribution is 1.82. The lowest BCUT2D eigenvalue weighted by Gasteiger charge is -2.08. The summed E-state index contributed by atoms with van der Waals surface area (Å²) < 4.78 is 0. The molecule has 0 saturated carbocycles. The third-order valence-electron chi connectivity index (χ3n) is 1.22. The van der Waals surface area contributed by atoms with Crippen LogP contribution >= 0.6 is 12.6 Å². The molecule has 11 heavy (non-hydrogen) atoms. The van der Waals surface area contributed by atoms with Gasteiger partial charge in [-0.15, -0.1) is 0 Å². The van der Waals surface area contributed by atoms with E-state index < -0.39 is 0 Å². The predicted molar refractivity (Wildman–Crippen MR) is 50.0 cm³/mol. The van der Waals surface area contributed by atoms with Gasteiger partial charge in [0.15, 0.2) is 0 Å². The number of hydrogen-bond donors (Lipinski definition) is 2. The maximum atomic E-state index is 10.9. The highest BCUT2D eigenvalue weighted by molar-refractivity contribution is 7.80. The number of nitrogens with one attached hydrogen (secondary N) is 1.